The van der Waals surface area contributed by atoms with Gasteiger partial charge < -0.3 is 14.8 Å². The van der Waals surface area contributed by atoms with Crippen LogP contribution >= 0.6 is 0 Å². The van der Waals surface area contributed by atoms with Gasteiger partial charge in [0.15, 0.2) is 6.10 Å². The highest BCUT2D eigenvalue weighted by Crippen LogP contribution is 2.09. The minimum absolute atomic E-state index is 0.218. The molecule has 1 heterocycles. The molecule has 4 heteroatoms. The van der Waals surface area contributed by atoms with Crippen molar-refractivity contribution < 1.29 is 14.3 Å². The molecule has 1 atom stereocenters. The summed E-state index contributed by atoms with van der Waals surface area (Å²) in [5, 5.41) is 3.21. The van der Waals surface area contributed by atoms with Crippen LogP contribution in [0.3, 0.4) is 0 Å². The summed E-state index contributed by atoms with van der Waals surface area (Å²) in [6.45, 7) is 5.99. The molecular weight excluding hydrogens is 170 g/mol. The van der Waals surface area contributed by atoms with Crippen molar-refractivity contribution in [2.45, 2.75) is 32.4 Å². The van der Waals surface area contributed by atoms with Gasteiger partial charge in [0, 0.05) is 19.0 Å². The maximum Gasteiger partial charge on any atom is 0.335 e. The summed E-state index contributed by atoms with van der Waals surface area (Å²) >= 11 is 0. The van der Waals surface area contributed by atoms with Gasteiger partial charge in [0.2, 0.25) is 0 Å². The Bertz CT molecular complexity index is 170. The van der Waals surface area contributed by atoms with Crippen LogP contribution in [-0.4, -0.2) is 37.9 Å². The molecule has 1 aliphatic heterocycles. The molecule has 0 radical (unpaired) electrons. The molecule has 13 heavy (non-hydrogen) atoms. The van der Waals surface area contributed by atoms with Crippen LogP contribution in [0.25, 0.3) is 0 Å². The second kappa shape index (κ2) is 5.19. The van der Waals surface area contributed by atoms with Crippen molar-refractivity contribution in [1.29, 1.82) is 0 Å². The Morgan fingerprint density at radius 2 is 2.46 bits per heavy atom. The Kier molecular flexibility index (Phi) is 4.18. The minimum atomic E-state index is -0.325. The molecule has 1 fully saturated rings. The molecule has 0 aromatic carbocycles. The summed E-state index contributed by atoms with van der Waals surface area (Å²) in [5.41, 5.74) is 0. The number of carbonyl (C=O) groups is 1. The number of rotatable bonds is 5. The van der Waals surface area contributed by atoms with E-state index in [1.54, 1.807) is 0 Å². The number of ether oxygens (including phenoxy) is 2. The van der Waals surface area contributed by atoms with E-state index in [0.29, 0.717) is 25.7 Å². The Labute approximate surface area is 78.6 Å². The molecular formula is C9H17NO3. The zero-order valence-electron chi connectivity index (χ0n) is 8.21. The van der Waals surface area contributed by atoms with Crippen LogP contribution in [0, 0.1) is 0 Å². The molecule has 0 bridgehead atoms. The third kappa shape index (κ3) is 3.74. The highest BCUT2D eigenvalue weighted by atomic mass is 16.6. The number of carbonyl (C=O) groups excluding carboxylic acids is 1. The SMILES string of the molecule is CC(C)NCCOC1CCOC1=O. The molecule has 1 unspecified atom stereocenters. The average Bonchev–Trinajstić information content (AvgIpc) is 2.45. The highest BCUT2D eigenvalue weighted by Gasteiger charge is 2.26. The van der Waals surface area contributed by atoms with E-state index >= 15 is 0 Å². The molecule has 76 valence electrons. The Morgan fingerprint density at radius 1 is 1.69 bits per heavy atom. The van der Waals surface area contributed by atoms with Crippen LogP contribution in [0.1, 0.15) is 20.3 Å². The van der Waals surface area contributed by atoms with E-state index < -0.39 is 0 Å². The van der Waals surface area contributed by atoms with Crippen molar-refractivity contribution in [1.82, 2.24) is 5.32 Å². The van der Waals surface area contributed by atoms with Gasteiger partial charge in [-0.25, -0.2) is 4.79 Å². The van der Waals surface area contributed by atoms with Crippen LogP contribution in [-0.2, 0) is 14.3 Å². The molecule has 1 aliphatic rings. The predicted molar refractivity (Wildman–Crippen MR) is 48.5 cm³/mol. The Balaban J connectivity index is 2.02. The lowest BCUT2D eigenvalue weighted by atomic mass is 10.3. The van der Waals surface area contributed by atoms with E-state index in [2.05, 4.69) is 19.2 Å². The summed E-state index contributed by atoms with van der Waals surface area (Å²) in [6.07, 6.45) is 0.370. The van der Waals surface area contributed by atoms with E-state index in [1.807, 2.05) is 0 Å². The summed E-state index contributed by atoms with van der Waals surface area (Å²) < 4.78 is 10.1. The Hall–Kier alpha value is -0.610. The lowest BCUT2D eigenvalue weighted by Gasteiger charge is -2.10. The molecule has 1 rings (SSSR count). The van der Waals surface area contributed by atoms with Crippen molar-refractivity contribution in [3.63, 3.8) is 0 Å². The molecule has 0 aromatic heterocycles. The second-order valence-electron chi connectivity index (χ2n) is 3.42. The van der Waals surface area contributed by atoms with Gasteiger partial charge in [0.1, 0.15) is 0 Å². The molecule has 0 amide bonds. The quantitative estimate of drug-likeness (QED) is 0.497. The van der Waals surface area contributed by atoms with Crippen molar-refractivity contribution >= 4 is 5.97 Å². The zero-order chi connectivity index (χ0) is 9.68. The van der Waals surface area contributed by atoms with E-state index in [0.717, 1.165) is 6.54 Å². The van der Waals surface area contributed by atoms with Crippen molar-refractivity contribution in [2.24, 2.45) is 0 Å². The fourth-order valence-corrected chi connectivity index (χ4v) is 1.18. The second-order valence-corrected chi connectivity index (χ2v) is 3.42. The first-order chi connectivity index (χ1) is 6.20. The molecule has 0 aromatic rings. The van der Waals surface area contributed by atoms with Gasteiger partial charge in [-0.1, -0.05) is 13.8 Å². The number of nitrogens with one attached hydrogen (secondary N) is 1. The average molecular weight is 187 g/mol. The van der Waals surface area contributed by atoms with Crippen molar-refractivity contribution in [3.8, 4) is 0 Å². The summed E-state index contributed by atoms with van der Waals surface area (Å²) in [6, 6.07) is 0.458. The van der Waals surface area contributed by atoms with Gasteiger partial charge in [0.25, 0.3) is 0 Å². The standard InChI is InChI=1S/C9H17NO3/c1-7(2)10-4-6-12-8-3-5-13-9(8)11/h7-8,10H,3-6H2,1-2H3. The Morgan fingerprint density at radius 3 is 3.00 bits per heavy atom. The van der Waals surface area contributed by atoms with Gasteiger partial charge in [-0.05, 0) is 0 Å². The van der Waals surface area contributed by atoms with Gasteiger partial charge >= 0.3 is 5.97 Å². The minimum Gasteiger partial charge on any atom is -0.464 e. The van der Waals surface area contributed by atoms with Crippen LogP contribution in [0.15, 0.2) is 0 Å². The monoisotopic (exact) mass is 187 g/mol. The molecule has 0 saturated carbocycles. The molecule has 1 saturated heterocycles. The van der Waals surface area contributed by atoms with E-state index in [9.17, 15) is 4.79 Å². The fraction of sp³-hybridized carbons (Fsp3) is 0.889. The summed E-state index contributed by atoms with van der Waals surface area (Å²) in [7, 11) is 0. The smallest absolute Gasteiger partial charge is 0.335 e. The third-order valence-corrected chi connectivity index (χ3v) is 1.86. The summed E-state index contributed by atoms with van der Waals surface area (Å²) in [5.74, 6) is -0.218. The molecule has 4 nitrogen and oxygen atoms in total. The topological polar surface area (TPSA) is 47.6 Å². The van der Waals surface area contributed by atoms with Crippen molar-refractivity contribution in [2.75, 3.05) is 19.8 Å². The molecule has 0 aliphatic carbocycles. The van der Waals surface area contributed by atoms with Crippen molar-refractivity contribution in [3.05, 3.63) is 0 Å². The number of hydrogen-bond acceptors (Lipinski definition) is 4. The van der Waals surface area contributed by atoms with Crippen LogP contribution < -0.4 is 5.32 Å². The number of cyclic esters (lactones) is 1. The van der Waals surface area contributed by atoms with Crippen LogP contribution in [0.2, 0.25) is 0 Å². The van der Waals surface area contributed by atoms with Gasteiger partial charge in [-0.15, -0.1) is 0 Å². The van der Waals surface area contributed by atoms with E-state index in [-0.39, 0.29) is 12.1 Å². The van der Waals surface area contributed by atoms with Crippen LogP contribution in [0.5, 0.6) is 0 Å². The van der Waals surface area contributed by atoms with Gasteiger partial charge in [-0.2, -0.15) is 0 Å². The van der Waals surface area contributed by atoms with E-state index in [1.165, 1.54) is 0 Å². The third-order valence-electron chi connectivity index (χ3n) is 1.86. The van der Waals surface area contributed by atoms with Gasteiger partial charge in [-0.3, -0.25) is 0 Å². The zero-order valence-corrected chi connectivity index (χ0v) is 8.21. The number of hydrogen-bond donors (Lipinski definition) is 1. The normalized spacial score (nSPS) is 22.4. The molecule has 0 spiro atoms. The first kappa shape index (κ1) is 10.5. The largest absolute Gasteiger partial charge is 0.464 e. The first-order valence-electron chi connectivity index (χ1n) is 4.72. The lowest BCUT2D eigenvalue weighted by molar-refractivity contribution is -0.147. The maximum absolute atomic E-state index is 10.9. The van der Waals surface area contributed by atoms with Gasteiger partial charge in [0.05, 0.1) is 13.2 Å². The summed E-state index contributed by atoms with van der Waals surface area (Å²) in [4.78, 5) is 10.9. The van der Waals surface area contributed by atoms with E-state index in [4.69, 9.17) is 9.47 Å². The predicted octanol–water partition coefficient (Wildman–Crippen LogP) is 0.316. The van der Waals surface area contributed by atoms with Crippen LogP contribution in [0.4, 0.5) is 0 Å². The first-order valence-corrected chi connectivity index (χ1v) is 4.72. The maximum atomic E-state index is 10.9. The number of esters is 1. The fourth-order valence-electron chi connectivity index (χ4n) is 1.18. The molecule has 1 N–H and O–H groups in total. The lowest BCUT2D eigenvalue weighted by Crippen LogP contribution is -2.29. The highest BCUT2D eigenvalue weighted by molar-refractivity contribution is 5.76.